The van der Waals surface area contributed by atoms with Gasteiger partial charge in [0.25, 0.3) is 0 Å². The van der Waals surface area contributed by atoms with Gasteiger partial charge >= 0.3 is 0 Å². The Balaban J connectivity index is 1.67. The van der Waals surface area contributed by atoms with Crippen LogP contribution in [-0.4, -0.2) is 118 Å². The molecule has 12 heteroatoms. The van der Waals surface area contributed by atoms with Gasteiger partial charge < -0.3 is 54.3 Å². The number of rotatable bonds is 6. The third kappa shape index (κ3) is 5.05. The minimum atomic E-state index is -2.23. The Kier molecular flexibility index (Phi) is 8.14. The topological polar surface area (TPSA) is 168 Å². The van der Waals surface area contributed by atoms with E-state index in [2.05, 4.69) is 0 Å². The lowest BCUT2D eigenvalue weighted by Crippen LogP contribution is -2.64. The first-order chi connectivity index (χ1) is 13.9. The molecular weight excluding hydrogens is 399 g/mol. The van der Waals surface area contributed by atoms with E-state index in [1.54, 1.807) is 0 Å². The number of hydrogen-bond acceptors (Lipinski definition) is 11. The van der Waals surface area contributed by atoms with Crippen molar-refractivity contribution in [3.8, 4) is 0 Å². The lowest BCUT2D eigenvalue weighted by Gasteiger charge is -2.46. The molecule has 170 valence electrons. The predicted octanol–water partition coefficient (Wildman–Crippen LogP) is -2.87. The van der Waals surface area contributed by atoms with Crippen molar-refractivity contribution in [3.63, 3.8) is 0 Å². The molecule has 5 unspecified atom stereocenters. The van der Waals surface area contributed by atoms with Crippen LogP contribution in [0.5, 0.6) is 0 Å². The van der Waals surface area contributed by atoms with Crippen LogP contribution in [0.25, 0.3) is 0 Å². The van der Waals surface area contributed by atoms with Crippen LogP contribution in [0.3, 0.4) is 0 Å². The van der Waals surface area contributed by atoms with Crippen LogP contribution < -0.4 is 0 Å². The average Bonchev–Trinajstić information content (AvgIpc) is 2.73. The Morgan fingerprint density at radius 3 is 2.03 bits per heavy atom. The van der Waals surface area contributed by atoms with E-state index in [4.69, 9.17) is 23.7 Å². The van der Waals surface area contributed by atoms with Crippen molar-refractivity contribution in [2.24, 2.45) is 0 Å². The maximum Gasteiger partial charge on any atom is 0.228 e. The Bertz CT molecular complexity index is 504. The molecule has 29 heavy (non-hydrogen) atoms. The highest BCUT2D eigenvalue weighted by Gasteiger charge is 2.51. The van der Waals surface area contributed by atoms with Gasteiger partial charge in [-0.05, 0) is 19.3 Å². The first kappa shape index (κ1) is 23.2. The van der Waals surface area contributed by atoms with Crippen molar-refractivity contribution in [2.45, 2.75) is 87.0 Å². The fourth-order valence-electron chi connectivity index (χ4n) is 3.69. The fraction of sp³-hybridized carbons (Fsp3) is 1.00. The number of alkyl halides is 1. The van der Waals surface area contributed by atoms with Crippen LogP contribution >= 0.6 is 0 Å². The van der Waals surface area contributed by atoms with Crippen LogP contribution in [-0.2, 0) is 23.7 Å². The molecule has 6 N–H and O–H groups in total. The molecule has 3 aliphatic rings. The molecule has 3 fully saturated rings. The molecule has 0 amide bonds. The summed E-state index contributed by atoms with van der Waals surface area (Å²) in [5, 5.41) is 59.7. The van der Waals surface area contributed by atoms with E-state index in [0.717, 1.165) is 12.8 Å². The molecule has 0 aromatic carbocycles. The first-order valence-corrected chi connectivity index (χ1v) is 9.68. The maximum atomic E-state index is 13.6. The van der Waals surface area contributed by atoms with Crippen molar-refractivity contribution in [1.29, 1.82) is 0 Å². The molecule has 0 aliphatic carbocycles. The molecule has 11 atom stereocenters. The normalized spacial score (nSPS) is 49.1. The van der Waals surface area contributed by atoms with Gasteiger partial charge in [-0.1, -0.05) is 0 Å². The quantitative estimate of drug-likeness (QED) is 0.257. The van der Waals surface area contributed by atoms with Gasteiger partial charge in [-0.2, -0.15) is 0 Å². The largest absolute Gasteiger partial charge is 0.394 e. The minimum absolute atomic E-state index is 0.492. The van der Waals surface area contributed by atoms with E-state index in [9.17, 15) is 35.0 Å². The zero-order valence-electron chi connectivity index (χ0n) is 15.7. The summed E-state index contributed by atoms with van der Waals surface area (Å²) in [6.07, 6.45) is -14.1. The van der Waals surface area contributed by atoms with Crippen molar-refractivity contribution >= 4 is 0 Å². The van der Waals surface area contributed by atoms with Gasteiger partial charge in [0.2, 0.25) is 6.36 Å². The van der Waals surface area contributed by atoms with Crippen LogP contribution in [0.15, 0.2) is 0 Å². The summed E-state index contributed by atoms with van der Waals surface area (Å²) in [5.74, 6) is 0. The summed E-state index contributed by atoms with van der Waals surface area (Å²) < 4.78 is 40.4. The second kappa shape index (κ2) is 10.2. The molecule has 0 radical (unpaired) electrons. The van der Waals surface area contributed by atoms with Crippen LogP contribution in [0.2, 0.25) is 0 Å². The van der Waals surface area contributed by atoms with E-state index in [-0.39, 0.29) is 0 Å². The van der Waals surface area contributed by atoms with Gasteiger partial charge in [-0.25, -0.2) is 4.39 Å². The number of hydrogen-bond donors (Lipinski definition) is 6. The summed E-state index contributed by atoms with van der Waals surface area (Å²) in [6.45, 7) is -0.829. The second-order valence-electron chi connectivity index (χ2n) is 7.39. The highest BCUT2D eigenvalue weighted by molar-refractivity contribution is 4.94. The van der Waals surface area contributed by atoms with Crippen molar-refractivity contribution in [3.05, 3.63) is 0 Å². The highest BCUT2D eigenvalue weighted by Crippen LogP contribution is 2.31. The number of aliphatic hydroxyl groups excluding tert-OH is 6. The smallest absolute Gasteiger partial charge is 0.228 e. The van der Waals surface area contributed by atoms with Crippen LogP contribution in [0, 0.1) is 0 Å². The number of halogens is 1. The minimum Gasteiger partial charge on any atom is -0.394 e. The van der Waals surface area contributed by atoms with E-state index in [0.29, 0.717) is 13.0 Å². The van der Waals surface area contributed by atoms with Gasteiger partial charge in [0, 0.05) is 6.61 Å². The van der Waals surface area contributed by atoms with Crippen LogP contribution in [0.1, 0.15) is 19.3 Å². The van der Waals surface area contributed by atoms with Gasteiger partial charge in [0.15, 0.2) is 12.6 Å². The number of aliphatic hydroxyl groups is 6. The Labute approximate surface area is 166 Å². The molecule has 3 aliphatic heterocycles. The molecule has 11 nitrogen and oxygen atoms in total. The van der Waals surface area contributed by atoms with Gasteiger partial charge in [-0.15, -0.1) is 0 Å². The molecule has 3 rings (SSSR count). The third-order valence-electron chi connectivity index (χ3n) is 5.36. The van der Waals surface area contributed by atoms with E-state index >= 15 is 0 Å². The maximum absolute atomic E-state index is 13.6. The summed E-state index contributed by atoms with van der Waals surface area (Å²) in [4.78, 5) is 0. The molecule has 0 aromatic rings. The molecule has 0 saturated carbocycles. The van der Waals surface area contributed by atoms with Gasteiger partial charge in [0.1, 0.15) is 48.8 Å². The Hall–Kier alpha value is -0.510. The highest BCUT2D eigenvalue weighted by atomic mass is 19.1. The molecule has 3 saturated heterocycles. The van der Waals surface area contributed by atoms with Crippen LogP contribution in [0.4, 0.5) is 4.39 Å². The van der Waals surface area contributed by atoms with Crippen molar-refractivity contribution in [2.75, 3.05) is 19.8 Å². The van der Waals surface area contributed by atoms with E-state index in [1.165, 1.54) is 0 Å². The predicted molar refractivity (Wildman–Crippen MR) is 90.0 cm³/mol. The first-order valence-electron chi connectivity index (χ1n) is 9.68. The molecule has 0 bridgehead atoms. The fourth-order valence-corrected chi connectivity index (χ4v) is 3.69. The lowest BCUT2D eigenvalue weighted by molar-refractivity contribution is -0.361. The average molecular weight is 428 g/mol. The number of ether oxygens (including phenoxy) is 5. The monoisotopic (exact) mass is 428 g/mol. The third-order valence-corrected chi connectivity index (χ3v) is 5.36. The summed E-state index contributed by atoms with van der Waals surface area (Å²) in [7, 11) is 0. The Morgan fingerprint density at radius 1 is 0.793 bits per heavy atom. The molecule has 0 spiro atoms. The zero-order chi connectivity index (χ0) is 21.1. The summed E-state index contributed by atoms with van der Waals surface area (Å²) in [5.41, 5.74) is 0. The van der Waals surface area contributed by atoms with E-state index < -0.39 is 81.0 Å². The van der Waals surface area contributed by atoms with Gasteiger partial charge in [0.05, 0.1) is 13.2 Å². The molecular formula is C17H29FO11. The van der Waals surface area contributed by atoms with E-state index in [1.807, 2.05) is 0 Å². The SMILES string of the molecule is OCC1O[C@H](O[C@@H]2C(CO)O[C@H](F)C(O)[C@H]2O)C(O)[C@@H](O)[C@@H]1OC1CCCCO1. The van der Waals surface area contributed by atoms with Crippen molar-refractivity contribution < 1.29 is 58.7 Å². The van der Waals surface area contributed by atoms with Crippen molar-refractivity contribution in [1.82, 2.24) is 0 Å². The molecule has 0 aromatic heterocycles. The Morgan fingerprint density at radius 2 is 1.41 bits per heavy atom. The summed E-state index contributed by atoms with van der Waals surface area (Å²) in [6, 6.07) is 0. The molecule has 3 heterocycles. The standard InChI is InChI=1S/C17H29FO11/c18-16-12(23)10(21)15(7(5-19)26-16)29-17-13(24)11(22)14(8(6-20)27-17)28-9-3-1-2-4-25-9/h7-17,19-24H,1-6H2/t7?,8?,9?,10-,11-,12?,13?,14-,15-,16+,17-/m1/s1. The second-order valence-corrected chi connectivity index (χ2v) is 7.39. The van der Waals surface area contributed by atoms with Gasteiger partial charge in [-0.3, -0.25) is 0 Å². The lowest BCUT2D eigenvalue weighted by atomic mass is 9.97. The summed E-state index contributed by atoms with van der Waals surface area (Å²) >= 11 is 0. The zero-order valence-corrected chi connectivity index (χ0v) is 15.7.